The van der Waals surface area contributed by atoms with Crippen molar-refractivity contribution in [2.45, 2.75) is 20.0 Å². The molecule has 1 rings (SSSR count). The molecule has 1 heterocycles. The molecule has 2 heteroatoms. The van der Waals surface area contributed by atoms with Crippen LogP contribution in [0, 0.1) is 5.92 Å². The summed E-state index contributed by atoms with van der Waals surface area (Å²) < 4.78 is 5.48. The molecular formula is C7H15NO. The van der Waals surface area contributed by atoms with Crippen LogP contribution in [-0.2, 0) is 4.74 Å². The van der Waals surface area contributed by atoms with Crippen LogP contribution in [0.2, 0.25) is 0 Å². The van der Waals surface area contributed by atoms with E-state index in [-0.39, 0.29) is 0 Å². The number of ether oxygens (including phenoxy) is 1. The molecule has 0 spiro atoms. The van der Waals surface area contributed by atoms with E-state index in [2.05, 4.69) is 19.2 Å². The maximum Gasteiger partial charge on any atom is 0.0722 e. The molecule has 0 saturated carbocycles. The Morgan fingerprint density at radius 1 is 1.56 bits per heavy atom. The summed E-state index contributed by atoms with van der Waals surface area (Å²) in [5.74, 6) is 0.651. The zero-order valence-electron chi connectivity index (χ0n) is 6.18. The van der Waals surface area contributed by atoms with Crippen LogP contribution in [0.5, 0.6) is 0 Å². The molecule has 2 nitrogen and oxygen atoms in total. The molecule has 1 fully saturated rings. The van der Waals surface area contributed by atoms with Gasteiger partial charge in [-0.15, -0.1) is 0 Å². The van der Waals surface area contributed by atoms with E-state index in [1.165, 1.54) is 0 Å². The quantitative estimate of drug-likeness (QED) is 0.560. The van der Waals surface area contributed by atoms with E-state index in [4.69, 9.17) is 4.74 Å². The monoisotopic (exact) mass is 129 g/mol. The average Bonchev–Trinajstić information content (AvgIpc) is 1.90. The summed E-state index contributed by atoms with van der Waals surface area (Å²) in [6.45, 7) is 7.30. The van der Waals surface area contributed by atoms with Gasteiger partial charge in [0, 0.05) is 13.1 Å². The highest BCUT2D eigenvalue weighted by Gasteiger charge is 2.15. The van der Waals surface area contributed by atoms with Crippen molar-refractivity contribution in [3.8, 4) is 0 Å². The second-order valence-corrected chi connectivity index (χ2v) is 2.86. The van der Waals surface area contributed by atoms with E-state index in [9.17, 15) is 0 Å². The molecule has 0 aliphatic carbocycles. The minimum absolute atomic E-state index is 0.443. The van der Waals surface area contributed by atoms with Crippen LogP contribution >= 0.6 is 0 Å². The number of rotatable bonds is 1. The van der Waals surface area contributed by atoms with Gasteiger partial charge in [0.2, 0.25) is 0 Å². The van der Waals surface area contributed by atoms with Crippen molar-refractivity contribution in [2.24, 2.45) is 5.92 Å². The average molecular weight is 129 g/mol. The summed E-state index contributed by atoms with van der Waals surface area (Å²) in [6.07, 6.45) is 0.443. The normalized spacial score (nSPS) is 29.0. The van der Waals surface area contributed by atoms with E-state index in [1.54, 1.807) is 0 Å². The minimum Gasteiger partial charge on any atom is -0.375 e. The summed E-state index contributed by atoms with van der Waals surface area (Å²) >= 11 is 0. The molecule has 0 amide bonds. The van der Waals surface area contributed by atoms with Gasteiger partial charge < -0.3 is 10.1 Å². The molecule has 1 N–H and O–H groups in total. The molecule has 1 aliphatic rings. The van der Waals surface area contributed by atoms with Gasteiger partial charge in [0.1, 0.15) is 0 Å². The third-order valence-corrected chi connectivity index (χ3v) is 1.70. The topological polar surface area (TPSA) is 21.3 Å². The predicted molar refractivity (Wildman–Crippen MR) is 37.4 cm³/mol. The molecule has 0 aromatic carbocycles. The number of hydrogen-bond acceptors (Lipinski definition) is 2. The molecule has 9 heavy (non-hydrogen) atoms. The van der Waals surface area contributed by atoms with Crippen LogP contribution in [0.4, 0.5) is 0 Å². The van der Waals surface area contributed by atoms with Crippen molar-refractivity contribution in [3.63, 3.8) is 0 Å². The van der Waals surface area contributed by atoms with Crippen molar-refractivity contribution in [1.29, 1.82) is 0 Å². The Kier molecular flexibility index (Phi) is 2.49. The van der Waals surface area contributed by atoms with Crippen molar-refractivity contribution < 1.29 is 4.74 Å². The Morgan fingerprint density at radius 3 is 2.67 bits per heavy atom. The van der Waals surface area contributed by atoms with Crippen LogP contribution < -0.4 is 5.32 Å². The SMILES string of the molecule is CC(C)[C@@H]1CNCCO1. The van der Waals surface area contributed by atoms with E-state index >= 15 is 0 Å². The van der Waals surface area contributed by atoms with Gasteiger partial charge in [0.15, 0.2) is 0 Å². The molecule has 0 aromatic heterocycles. The molecule has 0 unspecified atom stereocenters. The van der Waals surface area contributed by atoms with Crippen molar-refractivity contribution in [2.75, 3.05) is 19.7 Å². The molecule has 1 aliphatic heterocycles. The molecule has 54 valence electrons. The predicted octanol–water partition coefficient (Wildman–Crippen LogP) is 0.631. The molecule has 0 radical (unpaired) electrons. The molecule has 1 saturated heterocycles. The molecule has 0 aromatic rings. The number of morpholine rings is 1. The van der Waals surface area contributed by atoms with Gasteiger partial charge in [-0.3, -0.25) is 0 Å². The lowest BCUT2D eigenvalue weighted by atomic mass is 10.1. The zero-order chi connectivity index (χ0) is 6.69. The summed E-state index contributed by atoms with van der Waals surface area (Å²) in [4.78, 5) is 0. The van der Waals surface area contributed by atoms with E-state index in [0.717, 1.165) is 19.7 Å². The van der Waals surface area contributed by atoms with E-state index in [0.29, 0.717) is 12.0 Å². The smallest absolute Gasteiger partial charge is 0.0722 e. The first-order chi connectivity index (χ1) is 4.30. The minimum atomic E-state index is 0.443. The Hall–Kier alpha value is -0.0800. The summed E-state index contributed by atoms with van der Waals surface area (Å²) in [7, 11) is 0. The van der Waals surface area contributed by atoms with E-state index in [1.807, 2.05) is 0 Å². The third kappa shape index (κ3) is 1.95. The summed E-state index contributed by atoms with van der Waals surface area (Å²) in [5, 5.41) is 3.29. The fourth-order valence-electron chi connectivity index (χ4n) is 1.01. The Labute approximate surface area is 56.6 Å². The van der Waals surface area contributed by atoms with Crippen molar-refractivity contribution >= 4 is 0 Å². The molecule has 0 bridgehead atoms. The van der Waals surface area contributed by atoms with Gasteiger partial charge in [-0.2, -0.15) is 0 Å². The standard InChI is InChI=1S/C7H15NO/c1-6(2)7-5-8-3-4-9-7/h6-8H,3-5H2,1-2H3/t7-/m0/s1. The highest BCUT2D eigenvalue weighted by atomic mass is 16.5. The van der Waals surface area contributed by atoms with Crippen LogP contribution in [0.25, 0.3) is 0 Å². The van der Waals surface area contributed by atoms with Crippen LogP contribution in [0.15, 0.2) is 0 Å². The lowest BCUT2D eigenvalue weighted by molar-refractivity contribution is 0.000508. The lowest BCUT2D eigenvalue weighted by Crippen LogP contribution is -2.41. The summed E-state index contributed by atoms with van der Waals surface area (Å²) in [5.41, 5.74) is 0. The van der Waals surface area contributed by atoms with Gasteiger partial charge in [-0.25, -0.2) is 0 Å². The second kappa shape index (κ2) is 3.18. The zero-order valence-corrected chi connectivity index (χ0v) is 6.18. The van der Waals surface area contributed by atoms with Crippen LogP contribution in [0.1, 0.15) is 13.8 Å². The second-order valence-electron chi connectivity index (χ2n) is 2.86. The Bertz CT molecular complexity index is 77.0. The maximum atomic E-state index is 5.48. The van der Waals surface area contributed by atoms with Crippen molar-refractivity contribution in [1.82, 2.24) is 5.32 Å². The fourth-order valence-corrected chi connectivity index (χ4v) is 1.01. The molecular weight excluding hydrogens is 114 g/mol. The highest BCUT2D eigenvalue weighted by molar-refractivity contribution is 4.69. The third-order valence-electron chi connectivity index (χ3n) is 1.70. The van der Waals surface area contributed by atoms with Gasteiger partial charge in [-0.1, -0.05) is 13.8 Å². The fraction of sp³-hybridized carbons (Fsp3) is 1.00. The van der Waals surface area contributed by atoms with Gasteiger partial charge in [0.25, 0.3) is 0 Å². The Balaban J connectivity index is 2.23. The Morgan fingerprint density at radius 2 is 2.33 bits per heavy atom. The highest BCUT2D eigenvalue weighted by Crippen LogP contribution is 2.06. The van der Waals surface area contributed by atoms with Gasteiger partial charge >= 0.3 is 0 Å². The lowest BCUT2D eigenvalue weighted by Gasteiger charge is -2.26. The van der Waals surface area contributed by atoms with E-state index < -0.39 is 0 Å². The molecule has 1 atom stereocenters. The number of hydrogen-bond donors (Lipinski definition) is 1. The largest absolute Gasteiger partial charge is 0.375 e. The first kappa shape index (κ1) is 7.03. The van der Waals surface area contributed by atoms with Crippen LogP contribution in [-0.4, -0.2) is 25.8 Å². The number of nitrogens with one attached hydrogen (secondary N) is 1. The van der Waals surface area contributed by atoms with Gasteiger partial charge in [0.05, 0.1) is 12.7 Å². The first-order valence-electron chi connectivity index (χ1n) is 3.63. The van der Waals surface area contributed by atoms with Gasteiger partial charge in [-0.05, 0) is 5.92 Å². The van der Waals surface area contributed by atoms with Crippen molar-refractivity contribution in [3.05, 3.63) is 0 Å². The van der Waals surface area contributed by atoms with Crippen LogP contribution in [0.3, 0.4) is 0 Å². The first-order valence-corrected chi connectivity index (χ1v) is 3.63. The summed E-state index contributed by atoms with van der Waals surface area (Å²) in [6, 6.07) is 0. The maximum absolute atomic E-state index is 5.48.